The molecule has 1 atom stereocenters. The molecule has 4 N–H and O–H groups in total. The zero-order valence-electron chi connectivity index (χ0n) is 19.0. The lowest BCUT2D eigenvalue weighted by molar-refractivity contribution is -0.137. The van der Waals surface area contributed by atoms with E-state index < -0.39 is 17.5 Å². The van der Waals surface area contributed by atoms with Gasteiger partial charge in [-0.2, -0.15) is 18.2 Å². The minimum atomic E-state index is -4.49. The van der Waals surface area contributed by atoms with Crippen molar-refractivity contribution in [1.29, 1.82) is 0 Å². The number of fused-ring (bicyclic) bond motifs is 1. The van der Waals surface area contributed by atoms with Crippen LogP contribution in [-0.2, 0) is 6.18 Å². The van der Waals surface area contributed by atoms with Gasteiger partial charge < -0.3 is 20.4 Å². The van der Waals surface area contributed by atoms with Gasteiger partial charge in [0.2, 0.25) is 5.95 Å². The molecule has 35 heavy (non-hydrogen) atoms. The molecule has 0 bridgehead atoms. The van der Waals surface area contributed by atoms with E-state index in [1.54, 1.807) is 37.4 Å². The number of nitrogens with zero attached hydrogens (tertiary/aromatic N) is 2. The standard InChI is InChI=1S/C24H23F3N6O2/c1-12-11-28-22(33-21(12)30-17-5-6-20-19(10-17)32-23(34)35-20)31-18-8-14(13(2)29-16-3-4-16)7-15(9-18)24(25,26)27/h5-11,13,16,29H,3-4H2,1-2H3,(H,32,34)(H2,28,30,31,33). The van der Waals surface area contributed by atoms with Crippen molar-refractivity contribution in [2.45, 2.75) is 44.9 Å². The minimum Gasteiger partial charge on any atom is -0.408 e. The van der Waals surface area contributed by atoms with Crippen LogP contribution in [0.5, 0.6) is 0 Å². The number of nitrogens with one attached hydrogen (secondary N) is 4. The molecule has 1 unspecified atom stereocenters. The van der Waals surface area contributed by atoms with Crippen LogP contribution in [0.4, 0.5) is 36.3 Å². The summed E-state index contributed by atoms with van der Waals surface area (Å²) in [7, 11) is 0. The van der Waals surface area contributed by atoms with E-state index in [0.29, 0.717) is 34.2 Å². The SMILES string of the molecule is Cc1cnc(Nc2cc(C(C)NC3CC3)cc(C(F)(F)F)c2)nc1Nc1ccc2oc(=O)[nH]c2c1. The van der Waals surface area contributed by atoms with Gasteiger partial charge in [-0.15, -0.1) is 0 Å². The summed E-state index contributed by atoms with van der Waals surface area (Å²) >= 11 is 0. The smallest absolute Gasteiger partial charge is 0.408 e. The van der Waals surface area contributed by atoms with Crippen molar-refractivity contribution in [2.24, 2.45) is 0 Å². The summed E-state index contributed by atoms with van der Waals surface area (Å²) in [5.41, 5.74) is 2.35. The maximum atomic E-state index is 13.6. The van der Waals surface area contributed by atoms with Crippen molar-refractivity contribution in [2.75, 3.05) is 10.6 Å². The number of aryl methyl sites for hydroxylation is 1. The molecule has 5 rings (SSSR count). The topological polar surface area (TPSA) is 108 Å². The highest BCUT2D eigenvalue weighted by Crippen LogP contribution is 2.35. The Morgan fingerprint density at radius 2 is 1.91 bits per heavy atom. The summed E-state index contributed by atoms with van der Waals surface area (Å²) in [6.07, 6.45) is -0.850. The number of hydrogen-bond donors (Lipinski definition) is 4. The Balaban J connectivity index is 1.42. The molecule has 11 heteroatoms. The van der Waals surface area contributed by atoms with Gasteiger partial charge in [-0.05, 0) is 68.7 Å². The molecule has 1 aliphatic rings. The molecule has 2 heterocycles. The molecule has 8 nitrogen and oxygen atoms in total. The molecule has 0 saturated heterocycles. The second-order valence-electron chi connectivity index (χ2n) is 8.70. The Labute approximate surface area is 198 Å². The van der Waals surface area contributed by atoms with Crippen LogP contribution in [0, 0.1) is 6.92 Å². The third-order valence-corrected chi connectivity index (χ3v) is 5.76. The number of anilines is 4. The molecule has 0 radical (unpaired) electrons. The van der Waals surface area contributed by atoms with Gasteiger partial charge in [0.25, 0.3) is 0 Å². The van der Waals surface area contributed by atoms with E-state index in [-0.39, 0.29) is 17.7 Å². The lowest BCUT2D eigenvalue weighted by Crippen LogP contribution is -2.21. The number of aromatic amines is 1. The summed E-state index contributed by atoms with van der Waals surface area (Å²) in [5, 5.41) is 9.40. The van der Waals surface area contributed by atoms with Gasteiger partial charge in [0.05, 0.1) is 11.1 Å². The molecule has 4 aromatic rings. The number of oxazole rings is 1. The Morgan fingerprint density at radius 1 is 1.11 bits per heavy atom. The maximum absolute atomic E-state index is 13.6. The molecule has 1 saturated carbocycles. The molecule has 2 aromatic heterocycles. The van der Waals surface area contributed by atoms with Crippen LogP contribution in [-0.4, -0.2) is 21.0 Å². The quantitative estimate of drug-likeness (QED) is 0.273. The number of rotatable bonds is 7. The number of alkyl halides is 3. The van der Waals surface area contributed by atoms with E-state index in [0.717, 1.165) is 24.5 Å². The number of halogens is 3. The second-order valence-corrected chi connectivity index (χ2v) is 8.70. The summed E-state index contributed by atoms with van der Waals surface area (Å²) in [6.45, 7) is 3.66. The van der Waals surface area contributed by atoms with Crippen molar-refractivity contribution in [1.82, 2.24) is 20.3 Å². The highest BCUT2D eigenvalue weighted by atomic mass is 19.4. The number of aromatic nitrogens is 3. The van der Waals surface area contributed by atoms with Crippen LogP contribution < -0.4 is 21.7 Å². The Bertz CT molecular complexity index is 1440. The van der Waals surface area contributed by atoms with Gasteiger partial charge in [0, 0.05) is 35.2 Å². The van der Waals surface area contributed by atoms with Crippen LogP contribution in [0.15, 0.2) is 51.8 Å². The maximum Gasteiger partial charge on any atom is 0.417 e. The van der Waals surface area contributed by atoms with Crippen LogP contribution in [0.1, 0.15) is 42.5 Å². The van der Waals surface area contributed by atoms with Gasteiger partial charge in [-0.25, -0.2) is 9.78 Å². The van der Waals surface area contributed by atoms with Gasteiger partial charge >= 0.3 is 11.9 Å². The first-order chi connectivity index (χ1) is 16.6. The first-order valence-corrected chi connectivity index (χ1v) is 11.1. The Hall–Kier alpha value is -3.86. The Kier molecular flexibility index (Phi) is 5.72. The van der Waals surface area contributed by atoms with E-state index in [1.165, 1.54) is 6.07 Å². The number of H-pyrrole nitrogens is 1. The van der Waals surface area contributed by atoms with Gasteiger partial charge in [-0.3, -0.25) is 4.98 Å². The van der Waals surface area contributed by atoms with E-state index in [9.17, 15) is 18.0 Å². The van der Waals surface area contributed by atoms with E-state index in [2.05, 4.69) is 30.9 Å². The predicted molar refractivity (Wildman–Crippen MR) is 126 cm³/mol. The molecular formula is C24H23F3N6O2. The molecule has 0 spiro atoms. The normalized spacial score (nSPS) is 14.8. The summed E-state index contributed by atoms with van der Waals surface area (Å²) in [4.78, 5) is 22.7. The summed E-state index contributed by atoms with van der Waals surface area (Å²) in [5.74, 6) is 0.0524. The fourth-order valence-corrected chi connectivity index (χ4v) is 3.76. The van der Waals surface area contributed by atoms with Crippen molar-refractivity contribution >= 4 is 34.2 Å². The second kappa shape index (κ2) is 8.73. The molecule has 0 amide bonds. The lowest BCUT2D eigenvalue weighted by atomic mass is 10.0. The van der Waals surface area contributed by atoms with Crippen molar-refractivity contribution in [3.63, 3.8) is 0 Å². The average molecular weight is 484 g/mol. The van der Waals surface area contributed by atoms with Crippen LogP contribution in [0.25, 0.3) is 11.1 Å². The largest absolute Gasteiger partial charge is 0.417 e. The zero-order valence-corrected chi connectivity index (χ0v) is 19.0. The zero-order chi connectivity index (χ0) is 24.7. The van der Waals surface area contributed by atoms with Gasteiger partial charge in [0.15, 0.2) is 5.58 Å². The third kappa shape index (κ3) is 5.29. The fraction of sp³-hybridized carbons (Fsp3) is 0.292. The third-order valence-electron chi connectivity index (χ3n) is 5.76. The fourth-order valence-electron chi connectivity index (χ4n) is 3.76. The first kappa shape index (κ1) is 22.9. The molecule has 1 aliphatic carbocycles. The molecule has 182 valence electrons. The molecule has 0 aliphatic heterocycles. The highest BCUT2D eigenvalue weighted by Gasteiger charge is 2.32. The van der Waals surface area contributed by atoms with Crippen molar-refractivity contribution in [3.8, 4) is 0 Å². The predicted octanol–water partition coefficient (Wildman–Crippen LogP) is 5.54. The van der Waals surface area contributed by atoms with Crippen LogP contribution in [0.3, 0.4) is 0 Å². The van der Waals surface area contributed by atoms with E-state index in [1.807, 2.05) is 6.92 Å². The summed E-state index contributed by atoms with van der Waals surface area (Å²) < 4.78 is 45.7. The molecular weight excluding hydrogens is 461 g/mol. The molecule has 2 aromatic carbocycles. The summed E-state index contributed by atoms with van der Waals surface area (Å²) in [6, 6.07) is 9.08. The van der Waals surface area contributed by atoms with Gasteiger partial charge in [-0.1, -0.05) is 0 Å². The van der Waals surface area contributed by atoms with Crippen molar-refractivity contribution in [3.05, 3.63) is 69.8 Å². The lowest BCUT2D eigenvalue weighted by Gasteiger charge is -2.18. The number of benzene rings is 2. The van der Waals surface area contributed by atoms with Gasteiger partial charge in [0.1, 0.15) is 5.82 Å². The van der Waals surface area contributed by atoms with Crippen molar-refractivity contribution < 1.29 is 17.6 Å². The van der Waals surface area contributed by atoms with E-state index >= 15 is 0 Å². The highest BCUT2D eigenvalue weighted by molar-refractivity contribution is 5.78. The van der Waals surface area contributed by atoms with Crippen LogP contribution >= 0.6 is 0 Å². The number of hydrogen-bond acceptors (Lipinski definition) is 7. The molecule has 1 fully saturated rings. The average Bonchev–Trinajstić information content (AvgIpc) is 3.53. The van der Waals surface area contributed by atoms with E-state index in [4.69, 9.17) is 4.42 Å². The first-order valence-electron chi connectivity index (χ1n) is 11.1. The van der Waals surface area contributed by atoms with Crippen LogP contribution in [0.2, 0.25) is 0 Å². The monoisotopic (exact) mass is 484 g/mol. The minimum absolute atomic E-state index is 0.143. The Morgan fingerprint density at radius 3 is 2.66 bits per heavy atom.